The largest absolute Gasteiger partial charge is 0.309 e. The van der Waals surface area contributed by atoms with Crippen LogP contribution in [0.15, 0.2) is 224 Å². The smallest absolute Gasteiger partial charge is 0.0728 e. The van der Waals surface area contributed by atoms with Crippen molar-refractivity contribution >= 4 is 119 Å². The van der Waals surface area contributed by atoms with E-state index in [9.17, 15) is 0 Å². The predicted molar refractivity (Wildman–Crippen MR) is 445 cm³/mol. The minimum absolute atomic E-state index is 0.0401. The van der Waals surface area contributed by atoms with E-state index in [-0.39, 0.29) is 32.5 Å². The molecule has 4 heteroatoms. The fourth-order valence-corrected chi connectivity index (χ4v) is 17.9. The van der Waals surface area contributed by atoms with Crippen LogP contribution in [-0.4, -0.2) is 13.4 Å². The Hall–Kier alpha value is -10.0. The minimum Gasteiger partial charge on any atom is -0.309 e. The summed E-state index contributed by atoms with van der Waals surface area (Å²) >= 11 is 1.94. The van der Waals surface area contributed by atoms with E-state index in [0.717, 1.165) is 5.69 Å². The molecule has 0 unspecified atom stereocenters. The molecule has 0 bridgehead atoms. The molecule has 3 nitrogen and oxygen atoms in total. The molecule has 12 aromatic carbocycles. The summed E-state index contributed by atoms with van der Waals surface area (Å²) in [5.41, 5.74) is 31.0. The average molecular weight is 1340 g/mol. The highest BCUT2D eigenvalue weighted by atomic mass is 32.1. The first-order chi connectivity index (χ1) is 48.3. The van der Waals surface area contributed by atoms with Gasteiger partial charge in [0.2, 0.25) is 0 Å². The van der Waals surface area contributed by atoms with Gasteiger partial charge in [0.25, 0.3) is 0 Å². The van der Waals surface area contributed by atoms with E-state index in [4.69, 9.17) is 0 Å². The van der Waals surface area contributed by atoms with Crippen LogP contribution in [0.3, 0.4) is 0 Å². The molecular formula is C98H91N3S. The van der Waals surface area contributed by atoms with E-state index < -0.39 is 0 Å². The second-order valence-corrected chi connectivity index (χ2v) is 37.0. The number of benzene rings is 12. The highest BCUT2D eigenvalue weighted by molar-refractivity contribution is 7.26. The van der Waals surface area contributed by atoms with Crippen molar-refractivity contribution in [1.82, 2.24) is 13.4 Å². The molecule has 0 saturated heterocycles. The molecule has 0 fully saturated rings. The fourth-order valence-electron chi connectivity index (χ4n) is 16.7. The number of nitrogens with zero attached hydrogens (tertiary/aromatic N) is 3. The van der Waals surface area contributed by atoms with E-state index in [2.05, 4.69) is 362 Å². The minimum atomic E-state index is -0.0823. The van der Waals surface area contributed by atoms with E-state index in [0.29, 0.717) is 0 Å². The number of hydrogen-bond donors (Lipinski definition) is 0. The SMILES string of the molecule is CC(C)(C)c1cc(-c2cc(-c3ccc4c(c3)c3ccccc3n4-c3cccc(-c4ccccc4)c3)c3c(c2)c2cc(-c4cc(C(C)(C)C)cc(C(C)(C)C)c4)cc4c5cc6c(cc5n3c42)c2cc(-c3cc(C(C)(C)C)cc(C(C)(C)C)c3)cc3c4sc5ccccc5c4n6c23)cc(C(C)(C)C)c1. The lowest BCUT2D eigenvalue weighted by Gasteiger charge is -2.26. The summed E-state index contributed by atoms with van der Waals surface area (Å²) in [6, 6.07) is 88.3. The Morgan fingerprint density at radius 2 is 0.608 bits per heavy atom. The lowest BCUT2D eigenvalue weighted by Crippen LogP contribution is -2.16. The Morgan fingerprint density at radius 1 is 0.225 bits per heavy atom. The summed E-state index contributed by atoms with van der Waals surface area (Å²) < 4.78 is 10.5. The Bertz CT molecular complexity index is 6430. The Balaban J connectivity index is 1.01. The first-order valence-corrected chi connectivity index (χ1v) is 37.7. The zero-order valence-electron chi connectivity index (χ0n) is 62.6. The maximum Gasteiger partial charge on any atom is 0.0728 e. The van der Waals surface area contributed by atoms with Gasteiger partial charge in [0, 0.05) is 69.8 Å². The van der Waals surface area contributed by atoms with E-state index in [1.165, 1.54) is 196 Å². The standard InChI is InChI=1S/C98H91N3S/c1-93(2,3)65-37-59(38-66(51-65)94(4,5)6)62-45-74(58-35-36-84-75(44-58)72-31-22-24-33-83(72)99(84)71-30-26-29-57(43-71)56-27-20-19-21-28-56)88-80(48-62)81-49-63(60-39-67(95(7,8)9)52-68(40-60)96(10,11)12)46-78-76-55-86-77(54-85(76)100(88)89(78)81)79-47-64(61-41-69(97(13,14)15)53-70(42-61)98(16,17)18)50-82-90(79)101(86)91-73-32-23-25-34-87(73)102-92(82)91/h19-55H,1-18H3. The molecule has 0 atom stereocenters. The topological polar surface area (TPSA) is 13.8 Å². The van der Waals surface area contributed by atoms with Crippen LogP contribution in [0, 0.1) is 0 Å². The quantitative estimate of drug-likeness (QED) is 0.158. The average Bonchev–Trinajstić information content (AvgIpc) is 1.51. The number of rotatable bonds is 6. The van der Waals surface area contributed by atoms with Gasteiger partial charge in [-0.15, -0.1) is 11.3 Å². The van der Waals surface area contributed by atoms with Gasteiger partial charge < -0.3 is 13.4 Å². The molecule has 6 heterocycles. The molecule has 6 aromatic heterocycles. The van der Waals surface area contributed by atoms with Crippen LogP contribution in [0.5, 0.6) is 0 Å². The number of hydrogen-bond acceptors (Lipinski definition) is 1. The van der Waals surface area contributed by atoms with Gasteiger partial charge in [-0.1, -0.05) is 264 Å². The molecule has 0 aliphatic rings. The summed E-state index contributed by atoms with van der Waals surface area (Å²) in [5.74, 6) is 0. The number of thiophene rings is 1. The van der Waals surface area contributed by atoms with Crippen LogP contribution in [0.4, 0.5) is 0 Å². The summed E-state index contributed by atoms with van der Waals surface area (Å²) in [4.78, 5) is 0. The first kappa shape index (κ1) is 64.1. The maximum absolute atomic E-state index is 2.71. The lowest BCUT2D eigenvalue weighted by molar-refractivity contribution is 0.568. The molecule has 0 N–H and O–H groups in total. The molecule has 0 aliphatic carbocycles. The van der Waals surface area contributed by atoms with Crippen LogP contribution in [0.2, 0.25) is 0 Å². The second kappa shape index (κ2) is 21.8. The van der Waals surface area contributed by atoms with Crippen molar-refractivity contribution in [3.05, 3.63) is 258 Å². The van der Waals surface area contributed by atoms with Gasteiger partial charge >= 0.3 is 0 Å². The van der Waals surface area contributed by atoms with Crippen molar-refractivity contribution in [2.45, 2.75) is 157 Å². The zero-order chi connectivity index (χ0) is 71.0. The van der Waals surface area contributed by atoms with Gasteiger partial charge in [0.05, 0.1) is 48.8 Å². The molecule has 102 heavy (non-hydrogen) atoms. The Morgan fingerprint density at radius 3 is 1.13 bits per heavy atom. The van der Waals surface area contributed by atoms with Gasteiger partial charge in [0.1, 0.15) is 0 Å². The van der Waals surface area contributed by atoms with E-state index in [1.807, 2.05) is 11.3 Å². The third kappa shape index (κ3) is 10.0. The van der Waals surface area contributed by atoms with Crippen molar-refractivity contribution in [3.63, 3.8) is 0 Å². The second-order valence-electron chi connectivity index (χ2n) is 36.0. The summed E-state index contributed by atoms with van der Waals surface area (Å²) in [6.07, 6.45) is 0. The van der Waals surface area contributed by atoms with Crippen molar-refractivity contribution in [3.8, 4) is 61.3 Å². The normalized spacial score (nSPS) is 13.4. The van der Waals surface area contributed by atoms with Gasteiger partial charge in [-0.3, -0.25) is 0 Å². The molecule has 0 aliphatic heterocycles. The van der Waals surface area contributed by atoms with Gasteiger partial charge in [-0.2, -0.15) is 0 Å². The van der Waals surface area contributed by atoms with Gasteiger partial charge in [-0.25, -0.2) is 0 Å². The highest BCUT2D eigenvalue weighted by Gasteiger charge is 2.31. The van der Waals surface area contributed by atoms with Crippen LogP contribution in [0.25, 0.3) is 169 Å². The number of para-hydroxylation sites is 1. The number of fused-ring (bicyclic) bond motifs is 17. The van der Waals surface area contributed by atoms with Crippen molar-refractivity contribution in [2.24, 2.45) is 0 Å². The molecule has 18 aromatic rings. The molecule has 0 amide bonds. The summed E-state index contributed by atoms with van der Waals surface area (Å²) in [7, 11) is 0. The molecule has 0 radical (unpaired) electrons. The Kier molecular flexibility index (Phi) is 13.7. The lowest BCUT2D eigenvalue weighted by atomic mass is 9.78. The number of aromatic nitrogens is 3. The van der Waals surface area contributed by atoms with Crippen LogP contribution < -0.4 is 0 Å². The third-order valence-corrected chi connectivity index (χ3v) is 23.9. The summed E-state index contributed by atoms with van der Waals surface area (Å²) in [5, 5.41) is 12.7. The molecule has 0 saturated carbocycles. The first-order valence-electron chi connectivity index (χ1n) is 36.9. The Labute approximate surface area is 604 Å². The van der Waals surface area contributed by atoms with Crippen LogP contribution in [0.1, 0.15) is 158 Å². The zero-order valence-corrected chi connectivity index (χ0v) is 63.4. The van der Waals surface area contributed by atoms with Crippen LogP contribution >= 0.6 is 11.3 Å². The van der Waals surface area contributed by atoms with E-state index >= 15 is 0 Å². The molecule has 0 spiro atoms. The fraction of sp³-hybridized carbons (Fsp3) is 0.245. The van der Waals surface area contributed by atoms with Crippen LogP contribution in [-0.2, 0) is 32.5 Å². The predicted octanol–water partition coefficient (Wildman–Crippen LogP) is 28.4. The van der Waals surface area contributed by atoms with E-state index in [1.54, 1.807) is 0 Å². The highest BCUT2D eigenvalue weighted by Crippen LogP contribution is 2.53. The maximum atomic E-state index is 2.71. The monoisotopic (exact) mass is 1340 g/mol. The molecule has 18 rings (SSSR count). The van der Waals surface area contributed by atoms with Crippen molar-refractivity contribution in [1.29, 1.82) is 0 Å². The van der Waals surface area contributed by atoms with Crippen molar-refractivity contribution < 1.29 is 0 Å². The van der Waals surface area contributed by atoms with Crippen molar-refractivity contribution in [2.75, 3.05) is 0 Å². The third-order valence-electron chi connectivity index (χ3n) is 22.7. The molecule has 504 valence electrons. The molecular weight excluding hydrogens is 1250 g/mol. The van der Waals surface area contributed by atoms with Gasteiger partial charge in [-0.05, 0) is 201 Å². The van der Waals surface area contributed by atoms with Gasteiger partial charge in [0.15, 0.2) is 0 Å². The summed E-state index contributed by atoms with van der Waals surface area (Å²) in [6.45, 7) is 42.5.